The zero-order valence-corrected chi connectivity index (χ0v) is 19.2. The SMILES string of the molecule is Cc1c([N+](=O)[O-])cc(S(=O)(=O)N2CCN(c3ccnc(N4CCOCC4)n3)CC2)cc1[N+](=O)[O-]. The summed E-state index contributed by atoms with van der Waals surface area (Å²) < 4.78 is 32.9. The lowest BCUT2D eigenvalue weighted by atomic mass is 10.1. The van der Waals surface area contributed by atoms with Crippen molar-refractivity contribution in [3.8, 4) is 0 Å². The number of anilines is 2. The highest BCUT2D eigenvalue weighted by molar-refractivity contribution is 7.89. The van der Waals surface area contributed by atoms with Crippen molar-refractivity contribution >= 4 is 33.2 Å². The van der Waals surface area contributed by atoms with Crippen LogP contribution in [0.25, 0.3) is 0 Å². The number of nitro groups is 2. The van der Waals surface area contributed by atoms with Gasteiger partial charge in [0.1, 0.15) is 11.4 Å². The van der Waals surface area contributed by atoms with Crippen LogP contribution >= 0.6 is 0 Å². The number of nitrogens with zero attached hydrogens (tertiary/aromatic N) is 7. The Morgan fingerprint density at radius 3 is 2.09 bits per heavy atom. The van der Waals surface area contributed by atoms with Crippen LogP contribution < -0.4 is 9.80 Å². The first-order chi connectivity index (χ1) is 16.2. The Balaban J connectivity index is 1.52. The predicted molar refractivity (Wildman–Crippen MR) is 121 cm³/mol. The minimum atomic E-state index is -4.18. The van der Waals surface area contributed by atoms with Crippen LogP contribution in [0, 0.1) is 27.2 Å². The molecule has 0 unspecified atom stereocenters. The van der Waals surface area contributed by atoms with E-state index in [0.29, 0.717) is 51.2 Å². The molecule has 14 nitrogen and oxygen atoms in total. The summed E-state index contributed by atoms with van der Waals surface area (Å²) in [6.45, 7) is 4.62. The number of ether oxygens (including phenoxy) is 1. The number of hydrogen-bond donors (Lipinski definition) is 0. The second-order valence-corrected chi connectivity index (χ2v) is 9.74. The molecule has 0 saturated carbocycles. The normalized spacial score (nSPS) is 17.6. The van der Waals surface area contributed by atoms with Crippen molar-refractivity contribution in [2.24, 2.45) is 0 Å². The fraction of sp³-hybridized carbons (Fsp3) is 0.474. The van der Waals surface area contributed by atoms with Crippen molar-refractivity contribution in [2.75, 3.05) is 62.3 Å². The van der Waals surface area contributed by atoms with Crippen molar-refractivity contribution in [1.29, 1.82) is 0 Å². The Labute approximate surface area is 195 Å². The van der Waals surface area contributed by atoms with Gasteiger partial charge in [-0.15, -0.1) is 0 Å². The maximum absolute atomic E-state index is 13.2. The number of morpholine rings is 1. The topological polar surface area (TPSA) is 165 Å². The van der Waals surface area contributed by atoms with Gasteiger partial charge >= 0.3 is 0 Å². The molecule has 34 heavy (non-hydrogen) atoms. The zero-order chi connectivity index (χ0) is 24.5. The van der Waals surface area contributed by atoms with Crippen LogP contribution in [-0.2, 0) is 14.8 Å². The summed E-state index contributed by atoms with van der Waals surface area (Å²) in [7, 11) is -4.18. The van der Waals surface area contributed by atoms with Gasteiger partial charge in [0.05, 0.1) is 28.0 Å². The first kappa shape index (κ1) is 23.7. The first-order valence-corrected chi connectivity index (χ1v) is 12.0. The summed E-state index contributed by atoms with van der Waals surface area (Å²) >= 11 is 0. The average molecular weight is 494 g/mol. The third-order valence-corrected chi connectivity index (χ3v) is 7.72. The van der Waals surface area contributed by atoms with Gasteiger partial charge < -0.3 is 14.5 Å². The molecule has 0 aliphatic carbocycles. The lowest BCUT2D eigenvalue weighted by molar-refractivity contribution is -0.395. The standard InChI is InChI=1S/C19H23N7O7S/c1-14-16(25(27)28)12-15(13-17(14)26(29)30)34(31,32)24-6-4-22(5-7-24)18-2-3-20-19(21-18)23-8-10-33-11-9-23/h2-3,12-13H,4-11H2,1H3. The Bertz CT molecular complexity index is 1170. The van der Waals surface area contributed by atoms with Crippen LogP contribution in [0.2, 0.25) is 0 Å². The largest absolute Gasteiger partial charge is 0.378 e. The van der Waals surface area contributed by atoms with Crippen LogP contribution in [0.5, 0.6) is 0 Å². The molecule has 2 saturated heterocycles. The van der Waals surface area contributed by atoms with Crippen molar-refractivity contribution < 1.29 is 23.0 Å². The number of nitro benzene ring substituents is 2. The number of aromatic nitrogens is 2. The molecule has 15 heteroatoms. The Hall–Kier alpha value is -3.43. The molecule has 1 aromatic carbocycles. The lowest BCUT2D eigenvalue weighted by Gasteiger charge is -2.35. The van der Waals surface area contributed by atoms with Gasteiger partial charge in [0.15, 0.2) is 0 Å². The molecule has 2 aromatic rings. The maximum atomic E-state index is 13.2. The Morgan fingerprint density at radius 2 is 1.53 bits per heavy atom. The van der Waals surface area contributed by atoms with Crippen LogP contribution in [0.15, 0.2) is 29.3 Å². The summed E-state index contributed by atoms with van der Waals surface area (Å²) in [5.74, 6) is 1.24. The third kappa shape index (κ3) is 4.62. The molecule has 0 bridgehead atoms. The maximum Gasteiger partial charge on any atom is 0.280 e. The summed E-state index contributed by atoms with van der Waals surface area (Å²) in [5, 5.41) is 22.7. The van der Waals surface area contributed by atoms with E-state index in [2.05, 4.69) is 9.97 Å². The van der Waals surface area contributed by atoms with Crippen LogP contribution in [0.1, 0.15) is 5.56 Å². The van der Waals surface area contributed by atoms with Gasteiger partial charge in [-0.05, 0) is 13.0 Å². The molecule has 0 N–H and O–H groups in total. The smallest absolute Gasteiger partial charge is 0.280 e. The average Bonchev–Trinajstić information content (AvgIpc) is 2.84. The van der Waals surface area contributed by atoms with E-state index in [0.717, 1.165) is 12.1 Å². The molecule has 2 aliphatic heterocycles. The van der Waals surface area contributed by atoms with E-state index < -0.39 is 36.1 Å². The summed E-state index contributed by atoms with van der Waals surface area (Å²) in [6, 6.07) is 3.51. The Morgan fingerprint density at radius 1 is 0.941 bits per heavy atom. The van der Waals surface area contributed by atoms with Gasteiger partial charge in [-0.3, -0.25) is 20.2 Å². The lowest BCUT2D eigenvalue weighted by Crippen LogP contribution is -2.49. The van der Waals surface area contributed by atoms with Crippen molar-refractivity contribution in [2.45, 2.75) is 11.8 Å². The number of piperazine rings is 1. The van der Waals surface area contributed by atoms with Crippen LogP contribution in [-0.4, -0.2) is 85.0 Å². The molecule has 4 rings (SSSR count). The molecule has 0 amide bonds. The highest BCUT2D eigenvalue weighted by atomic mass is 32.2. The molecule has 0 atom stereocenters. The molecule has 2 aliphatic rings. The molecule has 2 fully saturated rings. The number of sulfonamides is 1. The molecule has 182 valence electrons. The summed E-state index contributed by atoms with van der Waals surface area (Å²) in [6.07, 6.45) is 1.65. The molecular formula is C19H23N7O7S. The molecule has 1 aromatic heterocycles. The summed E-state index contributed by atoms with van der Waals surface area (Å²) in [5.41, 5.74) is -1.41. The molecule has 0 radical (unpaired) electrons. The molecule has 0 spiro atoms. The van der Waals surface area contributed by atoms with E-state index in [1.54, 1.807) is 12.3 Å². The van der Waals surface area contributed by atoms with E-state index in [1.807, 2.05) is 9.80 Å². The van der Waals surface area contributed by atoms with E-state index >= 15 is 0 Å². The van der Waals surface area contributed by atoms with Crippen LogP contribution in [0.3, 0.4) is 0 Å². The highest BCUT2D eigenvalue weighted by Crippen LogP contribution is 2.33. The quantitative estimate of drug-likeness (QED) is 0.415. The van der Waals surface area contributed by atoms with E-state index in [4.69, 9.17) is 4.74 Å². The fourth-order valence-corrected chi connectivity index (χ4v) is 5.39. The van der Waals surface area contributed by atoms with Crippen LogP contribution in [0.4, 0.5) is 23.1 Å². The highest BCUT2D eigenvalue weighted by Gasteiger charge is 2.33. The first-order valence-electron chi connectivity index (χ1n) is 10.5. The van der Waals surface area contributed by atoms with Gasteiger partial charge in [0, 0.05) is 57.6 Å². The van der Waals surface area contributed by atoms with E-state index in [1.165, 1.54) is 11.2 Å². The van der Waals surface area contributed by atoms with Gasteiger partial charge in [-0.2, -0.15) is 9.29 Å². The fourth-order valence-electron chi connectivity index (χ4n) is 3.92. The second-order valence-electron chi connectivity index (χ2n) is 7.81. The van der Waals surface area contributed by atoms with E-state index in [-0.39, 0.29) is 18.7 Å². The van der Waals surface area contributed by atoms with Gasteiger partial charge in [0.2, 0.25) is 16.0 Å². The number of rotatable bonds is 6. The minimum Gasteiger partial charge on any atom is -0.378 e. The van der Waals surface area contributed by atoms with Gasteiger partial charge in [-0.25, -0.2) is 13.4 Å². The predicted octanol–water partition coefficient (Wildman–Crippen LogP) is 0.949. The monoisotopic (exact) mass is 493 g/mol. The van der Waals surface area contributed by atoms with Crippen molar-refractivity contribution in [3.05, 3.63) is 50.2 Å². The zero-order valence-electron chi connectivity index (χ0n) is 18.4. The number of benzene rings is 1. The second kappa shape index (κ2) is 9.44. The minimum absolute atomic E-state index is 0.0920. The van der Waals surface area contributed by atoms with Gasteiger partial charge in [-0.1, -0.05) is 0 Å². The third-order valence-electron chi connectivity index (χ3n) is 5.84. The molecular weight excluding hydrogens is 470 g/mol. The van der Waals surface area contributed by atoms with E-state index in [9.17, 15) is 28.6 Å². The summed E-state index contributed by atoms with van der Waals surface area (Å²) in [4.78, 5) is 33.4. The van der Waals surface area contributed by atoms with Gasteiger partial charge in [0.25, 0.3) is 11.4 Å². The van der Waals surface area contributed by atoms with Crippen molar-refractivity contribution in [3.63, 3.8) is 0 Å². The number of hydrogen-bond acceptors (Lipinski definition) is 11. The molecule has 3 heterocycles. The Kier molecular flexibility index (Phi) is 6.58. The van der Waals surface area contributed by atoms with Crippen molar-refractivity contribution in [1.82, 2.24) is 14.3 Å².